The molecule has 1 aliphatic heterocycles. The van der Waals surface area contributed by atoms with Crippen LogP contribution in [0.15, 0.2) is 24.3 Å². The van der Waals surface area contributed by atoms with Crippen molar-refractivity contribution in [2.24, 2.45) is 11.8 Å². The fourth-order valence-electron chi connectivity index (χ4n) is 3.70. The Balaban J connectivity index is 1.59. The second-order valence-electron chi connectivity index (χ2n) is 7.51. The van der Waals surface area contributed by atoms with Crippen LogP contribution in [-0.2, 0) is 9.59 Å². The van der Waals surface area contributed by atoms with Crippen molar-refractivity contribution in [3.05, 3.63) is 34.7 Å². The molecule has 1 saturated carbocycles. The van der Waals surface area contributed by atoms with Gasteiger partial charge in [-0.1, -0.05) is 18.2 Å². The second-order valence-corrected chi connectivity index (χ2v) is 8.57. The van der Waals surface area contributed by atoms with Gasteiger partial charge in [0.15, 0.2) is 0 Å². The molecule has 6 nitrogen and oxygen atoms in total. The smallest absolute Gasteiger partial charge is 0.308 e. The number of piperidine rings is 1. The standard InChI is InChI=1S/C20H22N2O4S/c1-11-15-4-2-3-5-16(15)27-17(11)19(24)22-9-12(8-13(10-22)20(25)26)18(23)21-14-6-7-14/h2-5,12-14H,6-10H2,1H3,(H,21,23)(H,25,26)/t12-,13-/m1/s1. The van der Waals surface area contributed by atoms with E-state index in [1.807, 2.05) is 31.2 Å². The van der Waals surface area contributed by atoms with E-state index in [0.29, 0.717) is 4.88 Å². The highest BCUT2D eigenvalue weighted by Gasteiger charge is 2.39. The maximum Gasteiger partial charge on any atom is 0.308 e. The number of thiophene rings is 1. The number of carboxylic acid groups (broad SMARTS) is 1. The van der Waals surface area contributed by atoms with E-state index in [9.17, 15) is 19.5 Å². The van der Waals surface area contributed by atoms with Crippen LogP contribution < -0.4 is 5.32 Å². The molecule has 142 valence electrons. The number of benzene rings is 1. The Morgan fingerprint density at radius 3 is 2.52 bits per heavy atom. The van der Waals surface area contributed by atoms with Crippen molar-refractivity contribution >= 4 is 39.2 Å². The highest BCUT2D eigenvalue weighted by molar-refractivity contribution is 7.21. The number of hydrogen-bond donors (Lipinski definition) is 2. The molecule has 4 rings (SSSR count). The third-order valence-electron chi connectivity index (χ3n) is 5.42. The van der Waals surface area contributed by atoms with E-state index in [0.717, 1.165) is 28.5 Å². The van der Waals surface area contributed by atoms with Gasteiger partial charge in [0.2, 0.25) is 5.91 Å². The maximum atomic E-state index is 13.2. The molecule has 2 atom stereocenters. The van der Waals surface area contributed by atoms with E-state index in [1.165, 1.54) is 11.3 Å². The van der Waals surface area contributed by atoms with Gasteiger partial charge in [-0.15, -0.1) is 11.3 Å². The normalized spacial score (nSPS) is 22.6. The SMILES string of the molecule is Cc1c(C(=O)N2C[C@H](C(=O)O)C[C@@H](C(=O)NC3CC3)C2)sc2ccccc12. The number of carbonyl (C=O) groups excluding carboxylic acids is 2. The van der Waals surface area contributed by atoms with Gasteiger partial charge in [-0.05, 0) is 43.2 Å². The third kappa shape index (κ3) is 3.56. The highest BCUT2D eigenvalue weighted by Crippen LogP contribution is 2.33. The van der Waals surface area contributed by atoms with Crippen LogP contribution in [0.2, 0.25) is 0 Å². The van der Waals surface area contributed by atoms with Crippen molar-refractivity contribution in [2.75, 3.05) is 13.1 Å². The Hall–Kier alpha value is -2.41. The third-order valence-corrected chi connectivity index (χ3v) is 6.68. The molecular weight excluding hydrogens is 364 g/mol. The molecule has 1 aliphatic carbocycles. The molecule has 2 N–H and O–H groups in total. The number of nitrogens with zero attached hydrogens (tertiary/aromatic N) is 1. The first-order valence-electron chi connectivity index (χ1n) is 9.24. The lowest BCUT2D eigenvalue weighted by molar-refractivity contribution is -0.144. The number of carboxylic acids is 1. The summed E-state index contributed by atoms with van der Waals surface area (Å²) < 4.78 is 1.04. The molecule has 1 aromatic carbocycles. The number of likely N-dealkylation sites (tertiary alicyclic amines) is 1. The summed E-state index contributed by atoms with van der Waals surface area (Å²) >= 11 is 1.43. The monoisotopic (exact) mass is 386 g/mol. The van der Waals surface area contributed by atoms with Gasteiger partial charge >= 0.3 is 5.97 Å². The van der Waals surface area contributed by atoms with E-state index in [2.05, 4.69) is 5.32 Å². The predicted molar refractivity (Wildman–Crippen MR) is 103 cm³/mol. The summed E-state index contributed by atoms with van der Waals surface area (Å²) in [5.41, 5.74) is 0.914. The summed E-state index contributed by atoms with van der Waals surface area (Å²) in [6.45, 7) is 2.34. The molecule has 2 amide bonds. The van der Waals surface area contributed by atoms with E-state index in [4.69, 9.17) is 0 Å². The Morgan fingerprint density at radius 1 is 1.15 bits per heavy atom. The van der Waals surface area contributed by atoms with Gasteiger partial charge < -0.3 is 15.3 Å². The fraction of sp³-hybridized carbons (Fsp3) is 0.450. The number of nitrogens with one attached hydrogen (secondary N) is 1. The average molecular weight is 386 g/mol. The molecule has 2 heterocycles. The molecule has 0 bridgehead atoms. The minimum Gasteiger partial charge on any atom is -0.481 e. The lowest BCUT2D eigenvalue weighted by Crippen LogP contribution is -2.50. The number of rotatable bonds is 4. The van der Waals surface area contributed by atoms with Gasteiger partial charge in [0.25, 0.3) is 5.91 Å². The van der Waals surface area contributed by atoms with E-state index in [1.54, 1.807) is 4.90 Å². The summed E-state index contributed by atoms with van der Waals surface area (Å²) in [5, 5.41) is 13.5. The van der Waals surface area contributed by atoms with Crippen LogP contribution in [0.3, 0.4) is 0 Å². The Labute approximate surface area is 161 Å². The molecule has 0 unspecified atom stereocenters. The van der Waals surface area contributed by atoms with Crippen LogP contribution in [0.4, 0.5) is 0 Å². The summed E-state index contributed by atoms with van der Waals surface area (Å²) in [7, 11) is 0. The van der Waals surface area contributed by atoms with Crippen molar-refractivity contribution in [1.82, 2.24) is 10.2 Å². The summed E-state index contributed by atoms with van der Waals surface area (Å²) in [5.74, 6) is -2.45. The molecule has 0 spiro atoms. The van der Waals surface area contributed by atoms with Crippen molar-refractivity contribution in [1.29, 1.82) is 0 Å². The van der Waals surface area contributed by atoms with E-state index >= 15 is 0 Å². The Morgan fingerprint density at radius 2 is 1.85 bits per heavy atom. The zero-order valence-corrected chi connectivity index (χ0v) is 15.9. The molecule has 7 heteroatoms. The van der Waals surface area contributed by atoms with E-state index in [-0.39, 0.29) is 37.4 Å². The van der Waals surface area contributed by atoms with Crippen LogP contribution in [0.1, 0.15) is 34.5 Å². The first-order valence-corrected chi connectivity index (χ1v) is 10.1. The van der Waals surface area contributed by atoms with Crippen LogP contribution in [0.5, 0.6) is 0 Å². The topological polar surface area (TPSA) is 86.7 Å². The van der Waals surface area contributed by atoms with Crippen molar-refractivity contribution < 1.29 is 19.5 Å². The zero-order chi connectivity index (χ0) is 19.1. The minimum atomic E-state index is -0.954. The van der Waals surface area contributed by atoms with E-state index < -0.39 is 17.8 Å². The maximum absolute atomic E-state index is 13.2. The van der Waals surface area contributed by atoms with Gasteiger partial charge in [-0.2, -0.15) is 0 Å². The van der Waals surface area contributed by atoms with Crippen LogP contribution >= 0.6 is 11.3 Å². The number of aryl methyl sites for hydroxylation is 1. The quantitative estimate of drug-likeness (QED) is 0.846. The molecule has 2 fully saturated rings. The molecule has 1 saturated heterocycles. The largest absolute Gasteiger partial charge is 0.481 e. The minimum absolute atomic E-state index is 0.130. The van der Waals surface area contributed by atoms with Gasteiger partial charge in [0, 0.05) is 23.8 Å². The number of hydrogen-bond acceptors (Lipinski definition) is 4. The Kier molecular flexibility index (Phi) is 4.63. The average Bonchev–Trinajstić information content (AvgIpc) is 3.42. The summed E-state index contributed by atoms with van der Waals surface area (Å²) in [4.78, 5) is 39.4. The number of amides is 2. The van der Waals surface area contributed by atoms with Gasteiger partial charge in [-0.3, -0.25) is 14.4 Å². The molecule has 2 aromatic rings. The number of carbonyl (C=O) groups is 3. The second kappa shape index (κ2) is 6.96. The molecule has 0 radical (unpaired) electrons. The van der Waals surface area contributed by atoms with Crippen molar-refractivity contribution in [3.8, 4) is 0 Å². The number of fused-ring (bicyclic) bond motifs is 1. The van der Waals surface area contributed by atoms with Gasteiger partial charge in [0.05, 0.1) is 16.7 Å². The molecule has 27 heavy (non-hydrogen) atoms. The lowest BCUT2D eigenvalue weighted by Gasteiger charge is -2.35. The van der Waals surface area contributed by atoms with Crippen molar-refractivity contribution in [2.45, 2.75) is 32.2 Å². The highest BCUT2D eigenvalue weighted by atomic mass is 32.1. The van der Waals surface area contributed by atoms with Crippen molar-refractivity contribution in [3.63, 3.8) is 0 Å². The summed E-state index contributed by atoms with van der Waals surface area (Å²) in [6, 6.07) is 8.06. The van der Waals surface area contributed by atoms with Gasteiger partial charge in [-0.25, -0.2) is 0 Å². The number of aliphatic carboxylic acids is 1. The lowest BCUT2D eigenvalue weighted by atomic mass is 9.88. The Bertz CT molecular complexity index is 918. The fourth-order valence-corrected chi connectivity index (χ4v) is 4.88. The van der Waals surface area contributed by atoms with Crippen LogP contribution in [-0.4, -0.2) is 46.9 Å². The first-order chi connectivity index (χ1) is 12.9. The van der Waals surface area contributed by atoms with Gasteiger partial charge in [0.1, 0.15) is 0 Å². The van der Waals surface area contributed by atoms with Crippen LogP contribution in [0.25, 0.3) is 10.1 Å². The molecular formula is C20H22N2O4S. The predicted octanol–water partition coefficient (Wildman–Crippen LogP) is 2.65. The summed E-state index contributed by atoms with van der Waals surface area (Å²) in [6.07, 6.45) is 2.23. The first kappa shape index (κ1) is 18.0. The molecule has 2 aliphatic rings. The molecule has 1 aromatic heterocycles. The zero-order valence-electron chi connectivity index (χ0n) is 15.1. The van der Waals surface area contributed by atoms with Crippen LogP contribution in [0, 0.1) is 18.8 Å².